The number of nitrogens with zero attached hydrogens (tertiary/aromatic N) is 3. The van der Waals surface area contributed by atoms with Gasteiger partial charge in [-0.1, -0.05) is 36.7 Å². The van der Waals surface area contributed by atoms with Crippen LogP contribution in [0.3, 0.4) is 0 Å². The summed E-state index contributed by atoms with van der Waals surface area (Å²) in [5, 5.41) is 3.02. The van der Waals surface area contributed by atoms with E-state index in [1.165, 1.54) is 18.8 Å². The van der Waals surface area contributed by atoms with E-state index in [2.05, 4.69) is 56.9 Å². The molecular formula is C20H25BrFN5. The molecule has 1 aliphatic carbocycles. The van der Waals surface area contributed by atoms with Crippen LogP contribution >= 0.6 is 15.9 Å². The van der Waals surface area contributed by atoms with Crippen LogP contribution in [0.5, 0.6) is 0 Å². The van der Waals surface area contributed by atoms with E-state index in [1.807, 2.05) is 0 Å². The molecule has 0 amide bonds. The predicted octanol–water partition coefficient (Wildman–Crippen LogP) is 5.11. The highest BCUT2D eigenvalue weighted by Crippen LogP contribution is 2.54. The number of hydrogen-bond acceptors (Lipinski definition) is 5. The zero-order chi connectivity index (χ0) is 19.4. The fraction of sp³-hybridized carbons (Fsp3) is 0.500. The van der Waals surface area contributed by atoms with Gasteiger partial charge in [0.1, 0.15) is 17.8 Å². The monoisotopic (exact) mass is 433 g/mol. The Morgan fingerprint density at radius 1 is 1.26 bits per heavy atom. The Morgan fingerprint density at radius 3 is 2.78 bits per heavy atom. The smallest absolute Gasteiger partial charge is 0.159 e. The van der Waals surface area contributed by atoms with Gasteiger partial charge in [-0.05, 0) is 48.3 Å². The predicted molar refractivity (Wildman–Crippen MR) is 111 cm³/mol. The van der Waals surface area contributed by atoms with Crippen molar-refractivity contribution in [3.8, 4) is 0 Å². The Bertz CT molecular complexity index is 887. The molecule has 1 saturated heterocycles. The molecule has 1 aromatic carbocycles. The lowest BCUT2D eigenvalue weighted by Crippen LogP contribution is -2.35. The topological polar surface area (TPSA) is 67.1 Å². The van der Waals surface area contributed by atoms with Crippen molar-refractivity contribution in [1.82, 2.24) is 9.97 Å². The number of halogens is 2. The Morgan fingerprint density at radius 2 is 2.04 bits per heavy atom. The third kappa shape index (κ3) is 3.49. The van der Waals surface area contributed by atoms with E-state index in [1.54, 1.807) is 12.1 Å². The Kier molecular flexibility index (Phi) is 4.33. The zero-order valence-electron chi connectivity index (χ0n) is 15.9. The number of rotatable bonds is 3. The summed E-state index contributed by atoms with van der Waals surface area (Å²) < 4.78 is 14.9. The molecule has 144 valence electrons. The van der Waals surface area contributed by atoms with Gasteiger partial charge < -0.3 is 16.0 Å². The summed E-state index contributed by atoms with van der Waals surface area (Å²) in [5.74, 6) is 0.818. The molecule has 2 bridgehead atoms. The maximum Gasteiger partial charge on any atom is 0.159 e. The molecule has 7 heteroatoms. The lowest BCUT2D eigenvalue weighted by molar-refractivity contribution is 0.136. The number of aromatic nitrogens is 2. The van der Waals surface area contributed by atoms with Crippen LogP contribution < -0.4 is 16.0 Å². The van der Waals surface area contributed by atoms with E-state index in [0.717, 1.165) is 25.2 Å². The normalized spacial score (nSPS) is 26.3. The van der Waals surface area contributed by atoms with Gasteiger partial charge >= 0.3 is 0 Å². The van der Waals surface area contributed by atoms with E-state index in [4.69, 9.17) is 5.73 Å². The fourth-order valence-electron chi connectivity index (χ4n) is 5.14. The minimum atomic E-state index is -0.366. The van der Waals surface area contributed by atoms with Crippen LogP contribution in [0, 0.1) is 16.6 Å². The number of nitrogen functional groups attached to an aromatic ring is 1. The highest BCUT2D eigenvalue weighted by atomic mass is 79.9. The molecule has 4 rings (SSSR count). The zero-order valence-corrected chi connectivity index (χ0v) is 17.5. The molecule has 2 unspecified atom stereocenters. The van der Waals surface area contributed by atoms with Crippen LogP contribution in [0.4, 0.5) is 27.4 Å². The van der Waals surface area contributed by atoms with Crippen molar-refractivity contribution in [2.24, 2.45) is 10.8 Å². The van der Waals surface area contributed by atoms with Crippen molar-refractivity contribution in [2.75, 3.05) is 22.5 Å². The number of nitrogens with two attached hydrogens (primary N) is 1. The van der Waals surface area contributed by atoms with Crippen molar-refractivity contribution in [3.63, 3.8) is 0 Å². The minimum Gasteiger partial charge on any atom is -0.393 e. The van der Waals surface area contributed by atoms with Gasteiger partial charge in [0.05, 0.1) is 5.69 Å². The highest BCUT2D eigenvalue weighted by Gasteiger charge is 2.50. The van der Waals surface area contributed by atoms with Gasteiger partial charge in [0, 0.05) is 17.1 Å². The molecular weight excluding hydrogens is 409 g/mol. The van der Waals surface area contributed by atoms with Crippen LogP contribution in [-0.2, 0) is 0 Å². The number of nitrogens with one attached hydrogen (secondary N) is 1. The van der Waals surface area contributed by atoms with E-state index in [-0.39, 0.29) is 11.2 Å². The summed E-state index contributed by atoms with van der Waals surface area (Å²) in [6, 6.07) is 5.27. The molecule has 1 aromatic heterocycles. The molecule has 27 heavy (non-hydrogen) atoms. The molecule has 2 heterocycles. The summed E-state index contributed by atoms with van der Waals surface area (Å²) >= 11 is 3.27. The summed E-state index contributed by atoms with van der Waals surface area (Å²) in [4.78, 5) is 11.1. The molecule has 3 N–H and O–H groups in total. The quantitative estimate of drug-likeness (QED) is 0.703. The lowest BCUT2D eigenvalue weighted by atomic mass is 9.65. The number of hydrogen-bond donors (Lipinski definition) is 2. The summed E-state index contributed by atoms with van der Waals surface area (Å²) in [7, 11) is 0. The number of benzene rings is 1. The molecule has 2 aliphatic rings. The average molecular weight is 434 g/mol. The maximum absolute atomic E-state index is 14.2. The summed E-state index contributed by atoms with van der Waals surface area (Å²) in [6.45, 7) is 7.98. The van der Waals surface area contributed by atoms with Crippen LogP contribution in [0.25, 0.3) is 0 Å². The SMILES string of the molecule is CC1(C)CC2CC(C)(CN2c2ncnc(Nc3ccc(Br)cc3F)c2N)C1. The maximum atomic E-state index is 14.2. The third-order valence-corrected chi connectivity index (χ3v) is 6.23. The average Bonchev–Trinajstić information content (AvgIpc) is 2.80. The molecule has 2 fully saturated rings. The second-order valence-electron chi connectivity index (χ2n) is 9.05. The van der Waals surface area contributed by atoms with Gasteiger partial charge in [0.2, 0.25) is 0 Å². The van der Waals surface area contributed by atoms with Crippen LogP contribution in [0.1, 0.15) is 40.0 Å². The van der Waals surface area contributed by atoms with Crippen molar-refractivity contribution in [1.29, 1.82) is 0 Å². The molecule has 1 saturated carbocycles. The first-order valence-corrected chi connectivity index (χ1v) is 10.0. The van der Waals surface area contributed by atoms with E-state index in [0.29, 0.717) is 33.1 Å². The highest BCUT2D eigenvalue weighted by molar-refractivity contribution is 9.10. The number of anilines is 4. The van der Waals surface area contributed by atoms with Crippen molar-refractivity contribution < 1.29 is 4.39 Å². The second-order valence-corrected chi connectivity index (χ2v) is 9.97. The van der Waals surface area contributed by atoms with Crippen LogP contribution in [0.15, 0.2) is 29.0 Å². The molecule has 5 nitrogen and oxygen atoms in total. The lowest BCUT2D eigenvalue weighted by Gasteiger charge is -2.39. The van der Waals surface area contributed by atoms with Crippen molar-refractivity contribution >= 4 is 38.9 Å². The van der Waals surface area contributed by atoms with Gasteiger partial charge in [-0.2, -0.15) is 0 Å². The standard InChI is InChI=1S/C20H25BrFN5/c1-19(2)7-13-8-20(3,9-19)10-27(13)18-16(23)17(24-11-25-18)26-15-5-4-12(21)6-14(15)22/h4-6,11,13H,7-10,23H2,1-3H3,(H,24,25,26). The molecule has 1 aliphatic heterocycles. The van der Waals surface area contributed by atoms with Gasteiger partial charge in [-0.25, -0.2) is 14.4 Å². The number of fused-ring (bicyclic) bond motifs is 2. The van der Waals surface area contributed by atoms with Gasteiger partial charge in [0.25, 0.3) is 0 Å². The van der Waals surface area contributed by atoms with E-state index >= 15 is 0 Å². The Hall–Kier alpha value is -1.89. The molecule has 2 atom stereocenters. The largest absolute Gasteiger partial charge is 0.393 e. The molecule has 0 radical (unpaired) electrons. The van der Waals surface area contributed by atoms with Gasteiger partial charge in [-0.15, -0.1) is 0 Å². The first-order valence-electron chi connectivity index (χ1n) is 9.25. The van der Waals surface area contributed by atoms with Crippen molar-refractivity contribution in [2.45, 2.75) is 46.1 Å². The third-order valence-electron chi connectivity index (χ3n) is 5.73. The summed E-state index contributed by atoms with van der Waals surface area (Å²) in [5.41, 5.74) is 7.81. The summed E-state index contributed by atoms with van der Waals surface area (Å²) in [6.07, 6.45) is 4.98. The van der Waals surface area contributed by atoms with E-state index in [9.17, 15) is 4.39 Å². The van der Waals surface area contributed by atoms with Crippen LogP contribution in [0.2, 0.25) is 0 Å². The Labute approximate surface area is 167 Å². The Balaban J connectivity index is 1.65. The van der Waals surface area contributed by atoms with Gasteiger partial charge in [0.15, 0.2) is 11.6 Å². The van der Waals surface area contributed by atoms with Crippen LogP contribution in [-0.4, -0.2) is 22.6 Å². The van der Waals surface area contributed by atoms with E-state index < -0.39 is 0 Å². The second kappa shape index (κ2) is 6.33. The minimum absolute atomic E-state index is 0.273. The molecule has 0 spiro atoms. The van der Waals surface area contributed by atoms with Crippen molar-refractivity contribution in [3.05, 3.63) is 34.8 Å². The van der Waals surface area contributed by atoms with Gasteiger partial charge in [-0.3, -0.25) is 0 Å². The first kappa shape index (κ1) is 18.5. The molecule has 2 aromatic rings. The first-order chi connectivity index (χ1) is 12.7. The fourth-order valence-corrected chi connectivity index (χ4v) is 5.47.